The van der Waals surface area contributed by atoms with Gasteiger partial charge in [0.05, 0.1) is 6.42 Å². The Bertz CT molecular complexity index is 412. The summed E-state index contributed by atoms with van der Waals surface area (Å²) in [5.41, 5.74) is 0. The van der Waals surface area contributed by atoms with Gasteiger partial charge in [-0.1, -0.05) is 0 Å². The average molecular weight is 283 g/mol. The fourth-order valence-electron chi connectivity index (χ4n) is 2.83. The van der Waals surface area contributed by atoms with Gasteiger partial charge in [0.2, 0.25) is 5.91 Å². The number of likely N-dealkylation sites (N-methyl/N-ethyl adjacent to an activating group) is 1. The van der Waals surface area contributed by atoms with Gasteiger partial charge >= 0.3 is 12.0 Å². The van der Waals surface area contributed by atoms with Gasteiger partial charge in [0, 0.05) is 32.7 Å². The number of hydrogen-bond acceptors (Lipinski definition) is 3. The van der Waals surface area contributed by atoms with Crippen LogP contribution >= 0.6 is 0 Å². The summed E-state index contributed by atoms with van der Waals surface area (Å²) in [6.45, 7) is 1.87. The second-order valence-corrected chi connectivity index (χ2v) is 5.46. The van der Waals surface area contributed by atoms with Crippen molar-refractivity contribution in [2.75, 3.05) is 33.2 Å². The zero-order valence-corrected chi connectivity index (χ0v) is 11.7. The zero-order chi connectivity index (χ0) is 14.7. The maximum absolute atomic E-state index is 12.5. The summed E-state index contributed by atoms with van der Waals surface area (Å²) in [6.07, 6.45) is 2.28. The first-order valence-corrected chi connectivity index (χ1v) is 7.00. The van der Waals surface area contributed by atoms with Gasteiger partial charge in [0.15, 0.2) is 0 Å². The Morgan fingerprint density at radius 1 is 1.25 bits per heavy atom. The Morgan fingerprint density at radius 2 is 2.00 bits per heavy atom. The van der Waals surface area contributed by atoms with E-state index in [1.807, 2.05) is 0 Å². The number of carboxylic acid groups (broad SMARTS) is 1. The molecular formula is C13H21N3O4. The summed E-state index contributed by atoms with van der Waals surface area (Å²) in [6, 6.07) is -0.437. The summed E-state index contributed by atoms with van der Waals surface area (Å²) in [4.78, 5) is 39.9. The minimum Gasteiger partial charge on any atom is -0.481 e. The van der Waals surface area contributed by atoms with E-state index in [-0.39, 0.29) is 30.9 Å². The minimum atomic E-state index is -0.888. The maximum atomic E-state index is 12.5. The molecule has 1 N–H and O–H groups in total. The van der Waals surface area contributed by atoms with Crippen molar-refractivity contribution >= 4 is 17.9 Å². The van der Waals surface area contributed by atoms with E-state index in [1.54, 1.807) is 21.7 Å². The van der Waals surface area contributed by atoms with E-state index < -0.39 is 5.97 Å². The monoisotopic (exact) mass is 283 g/mol. The molecular weight excluding hydrogens is 262 g/mol. The number of nitrogens with zero attached hydrogens (tertiary/aromatic N) is 3. The van der Waals surface area contributed by atoms with Gasteiger partial charge in [-0.15, -0.1) is 0 Å². The predicted molar refractivity (Wildman–Crippen MR) is 71.2 cm³/mol. The van der Waals surface area contributed by atoms with Crippen LogP contribution in [-0.4, -0.2) is 77.0 Å². The molecule has 20 heavy (non-hydrogen) atoms. The Balaban J connectivity index is 2.02. The zero-order valence-electron chi connectivity index (χ0n) is 11.7. The first-order valence-electron chi connectivity index (χ1n) is 7.00. The molecule has 0 saturated carbocycles. The van der Waals surface area contributed by atoms with Crippen molar-refractivity contribution in [3.8, 4) is 0 Å². The largest absolute Gasteiger partial charge is 0.481 e. The molecule has 0 radical (unpaired) electrons. The molecule has 2 rings (SSSR count). The lowest BCUT2D eigenvalue weighted by atomic mass is 10.1. The molecule has 0 bridgehead atoms. The number of carbonyl (C=O) groups is 3. The Hall–Kier alpha value is -1.79. The van der Waals surface area contributed by atoms with Crippen LogP contribution in [0, 0.1) is 0 Å². The first-order chi connectivity index (χ1) is 9.49. The number of hydrogen-bond donors (Lipinski definition) is 1. The van der Waals surface area contributed by atoms with Crippen molar-refractivity contribution in [3.63, 3.8) is 0 Å². The summed E-state index contributed by atoms with van der Waals surface area (Å²) < 4.78 is 0. The van der Waals surface area contributed by atoms with Gasteiger partial charge in [-0.25, -0.2) is 4.79 Å². The number of carbonyl (C=O) groups excluding carboxylic acids is 2. The average Bonchev–Trinajstić information content (AvgIpc) is 2.76. The van der Waals surface area contributed by atoms with Gasteiger partial charge in [0.1, 0.15) is 6.54 Å². The van der Waals surface area contributed by atoms with E-state index in [0.29, 0.717) is 19.6 Å². The number of rotatable bonds is 2. The fourth-order valence-corrected chi connectivity index (χ4v) is 2.83. The molecule has 2 saturated heterocycles. The highest BCUT2D eigenvalue weighted by molar-refractivity contribution is 5.85. The second-order valence-electron chi connectivity index (χ2n) is 5.46. The van der Waals surface area contributed by atoms with Gasteiger partial charge < -0.3 is 19.8 Å². The van der Waals surface area contributed by atoms with E-state index in [0.717, 1.165) is 19.3 Å². The SMILES string of the molecule is CN1CCCN(C(=O)N2CCCC2CC(=O)O)CC1=O. The molecule has 0 spiro atoms. The van der Waals surface area contributed by atoms with Gasteiger partial charge in [-0.2, -0.15) is 0 Å². The molecule has 7 heteroatoms. The summed E-state index contributed by atoms with van der Waals surface area (Å²) >= 11 is 0. The van der Waals surface area contributed by atoms with E-state index in [9.17, 15) is 14.4 Å². The Kier molecular flexibility index (Phi) is 4.46. The summed E-state index contributed by atoms with van der Waals surface area (Å²) in [5, 5.41) is 8.89. The van der Waals surface area contributed by atoms with Crippen molar-refractivity contribution < 1.29 is 19.5 Å². The quantitative estimate of drug-likeness (QED) is 0.785. The Morgan fingerprint density at radius 3 is 2.70 bits per heavy atom. The molecule has 3 amide bonds. The molecule has 0 aromatic carbocycles. The highest BCUT2D eigenvalue weighted by Gasteiger charge is 2.34. The van der Waals surface area contributed by atoms with Crippen LogP contribution in [0.3, 0.4) is 0 Å². The molecule has 2 fully saturated rings. The van der Waals surface area contributed by atoms with Crippen LogP contribution in [0.15, 0.2) is 0 Å². The smallest absolute Gasteiger partial charge is 0.320 e. The van der Waals surface area contributed by atoms with Crippen molar-refractivity contribution in [1.82, 2.24) is 14.7 Å². The lowest BCUT2D eigenvalue weighted by molar-refractivity contribution is -0.138. The second kappa shape index (κ2) is 6.11. The van der Waals surface area contributed by atoms with E-state index in [1.165, 1.54) is 0 Å². The summed E-state index contributed by atoms with van der Waals surface area (Å²) in [7, 11) is 1.74. The highest BCUT2D eigenvalue weighted by atomic mass is 16.4. The third-order valence-corrected chi connectivity index (χ3v) is 3.98. The number of amides is 3. The van der Waals surface area contributed by atoms with Crippen LogP contribution in [0.5, 0.6) is 0 Å². The highest BCUT2D eigenvalue weighted by Crippen LogP contribution is 2.22. The topological polar surface area (TPSA) is 81.2 Å². The van der Waals surface area contributed by atoms with E-state index in [2.05, 4.69) is 0 Å². The van der Waals surface area contributed by atoms with Crippen LogP contribution in [0.2, 0.25) is 0 Å². The van der Waals surface area contributed by atoms with E-state index in [4.69, 9.17) is 5.11 Å². The van der Waals surface area contributed by atoms with Crippen LogP contribution in [0.25, 0.3) is 0 Å². The molecule has 1 unspecified atom stereocenters. The molecule has 0 aromatic rings. The normalized spacial score (nSPS) is 23.9. The van der Waals surface area contributed by atoms with Gasteiger partial charge in [-0.05, 0) is 19.3 Å². The van der Waals surface area contributed by atoms with Gasteiger partial charge in [-0.3, -0.25) is 9.59 Å². The summed E-state index contributed by atoms with van der Waals surface area (Å²) in [5.74, 6) is -0.953. The number of aliphatic carboxylic acids is 1. The molecule has 1 atom stereocenters. The van der Waals surface area contributed by atoms with Gasteiger partial charge in [0.25, 0.3) is 0 Å². The molecule has 0 aromatic heterocycles. The van der Waals surface area contributed by atoms with Crippen molar-refractivity contribution in [2.45, 2.75) is 31.7 Å². The molecule has 112 valence electrons. The van der Waals surface area contributed by atoms with Crippen LogP contribution in [-0.2, 0) is 9.59 Å². The molecule has 0 aliphatic carbocycles. The molecule has 7 nitrogen and oxygen atoms in total. The number of carboxylic acids is 1. The van der Waals surface area contributed by atoms with Crippen LogP contribution in [0.4, 0.5) is 4.79 Å². The molecule has 2 heterocycles. The Labute approximate surface area is 118 Å². The molecule has 2 aliphatic heterocycles. The minimum absolute atomic E-state index is 0.0204. The van der Waals surface area contributed by atoms with Crippen LogP contribution < -0.4 is 0 Å². The lowest BCUT2D eigenvalue weighted by Crippen LogP contribution is -2.48. The van der Waals surface area contributed by atoms with Crippen LogP contribution in [0.1, 0.15) is 25.7 Å². The fraction of sp³-hybridized carbons (Fsp3) is 0.769. The standard InChI is InChI=1S/C13H21N3O4/c1-14-5-3-6-15(9-11(14)17)13(20)16-7-2-4-10(16)8-12(18)19/h10H,2-9H2,1H3,(H,18,19). The molecule has 2 aliphatic rings. The third kappa shape index (κ3) is 3.20. The number of urea groups is 1. The lowest BCUT2D eigenvalue weighted by Gasteiger charge is -2.30. The van der Waals surface area contributed by atoms with Crippen molar-refractivity contribution in [2.24, 2.45) is 0 Å². The number of likely N-dealkylation sites (tertiary alicyclic amines) is 1. The van der Waals surface area contributed by atoms with Crippen molar-refractivity contribution in [1.29, 1.82) is 0 Å². The maximum Gasteiger partial charge on any atom is 0.320 e. The first kappa shape index (κ1) is 14.6. The van der Waals surface area contributed by atoms with Crippen molar-refractivity contribution in [3.05, 3.63) is 0 Å². The predicted octanol–water partition coefficient (Wildman–Crippen LogP) is 0.210. The third-order valence-electron chi connectivity index (χ3n) is 3.98. The van der Waals surface area contributed by atoms with E-state index >= 15 is 0 Å².